The number of esters is 2. The van der Waals surface area contributed by atoms with Crippen LogP contribution < -0.4 is 0 Å². The highest BCUT2D eigenvalue weighted by Crippen LogP contribution is 2.59. The number of aromatic nitrogens is 2. The molecule has 0 saturated carbocycles. The molecule has 2 bridgehead atoms. The highest BCUT2D eigenvalue weighted by atomic mass is 16.5. The summed E-state index contributed by atoms with van der Waals surface area (Å²) >= 11 is 0. The van der Waals surface area contributed by atoms with Crippen molar-refractivity contribution in [3.8, 4) is 0 Å². The number of carbonyl (C=O) groups is 2. The number of fused-ring (bicyclic) bond motifs is 8. The molecule has 2 aromatic rings. The van der Waals surface area contributed by atoms with Gasteiger partial charge in [0.2, 0.25) is 0 Å². The summed E-state index contributed by atoms with van der Waals surface area (Å²) in [4.78, 5) is 25.0. The van der Waals surface area contributed by atoms with Crippen LogP contribution >= 0.6 is 0 Å². The largest absolute Gasteiger partial charge is 0.461 e. The predicted molar refractivity (Wildman–Crippen MR) is 92.4 cm³/mol. The highest BCUT2D eigenvalue weighted by molar-refractivity contribution is 5.95. The summed E-state index contributed by atoms with van der Waals surface area (Å²) in [6.45, 7) is 4.08. The summed E-state index contributed by atoms with van der Waals surface area (Å²) < 4.78 is 13.9. The van der Waals surface area contributed by atoms with Crippen molar-refractivity contribution < 1.29 is 24.2 Å². The lowest BCUT2D eigenvalue weighted by atomic mass is 9.88. The van der Waals surface area contributed by atoms with Crippen LogP contribution in [0.5, 0.6) is 0 Å². The summed E-state index contributed by atoms with van der Waals surface area (Å²) in [7, 11) is 3.60. The van der Waals surface area contributed by atoms with Gasteiger partial charge in [-0.25, -0.2) is 9.59 Å². The molecule has 0 fully saturated rings. The molecule has 4 rings (SSSR count). The summed E-state index contributed by atoms with van der Waals surface area (Å²) in [5.74, 6) is -1.49. The molecule has 7 nitrogen and oxygen atoms in total. The molecule has 0 radical (unpaired) electrons. The van der Waals surface area contributed by atoms with E-state index in [1.807, 2.05) is 12.4 Å². The van der Waals surface area contributed by atoms with Crippen LogP contribution in [0.25, 0.3) is 0 Å². The first-order valence-corrected chi connectivity index (χ1v) is 8.82. The van der Waals surface area contributed by atoms with Crippen molar-refractivity contribution in [2.45, 2.75) is 31.8 Å². The third kappa shape index (κ3) is 1.97. The maximum atomic E-state index is 12.5. The number of ether oxygens (including phenoxy) is 2. The van der Waals surface area contributed by atoms with Gasteiger partial charge < -0.3 is 23.7 Å². The Hall–Kier alpha value is -2.54. The Morgan fingerprint density at radius 2 is 1.35 bits per heavy atom. The monoisotopic (exact) mass is 358 g/mol. The zero-order valence-electron chi connectivity index (χ0n) is 15.3. The van der Waals surface area contributed by atoms with Crippen LogP contribution in [0.1, 0.15) is 68.9 Å². The highest BCUT2D eigenvalue weighted by Gasteiger charge is 2.55. The fraction of sp³-hybridized carbons (Fsp3) is 0.474. The fourth-order valence-corrected chi connectivity index (χ4v) is 4.61. The number of hydrogen-bond donors (Lipinski definition) is 1. The van der Waals surface area contributed by atoms with Crippen LogP contribution in [0.2, 0.25) is 0 Å². The molecule has 2 aliphatic rings. The number of rotatable bonds is 4. The van der Waals surface area contributed by atoms with Crippen molar-refractivity contribution in [1.82, 2.24) is 9.13 Å². The normalized spacial score (nSPS) is 22.3. The van der Waals surface area contributed by atoms with E-state index in [0.717, 1.165) is 22.3 Å². The molecule has 26 heavy (non-hydrogen) atoms. The molecule has 0 amide bonds. The van der Waals surface area contributed by atoms with Crippen molar-refractivity contribution in [2.75, 3.05) is 13.2 Å². The maximum Gasteiger partial charge on any atom is 0.355 e. The topological polar surface area (TPSA) is 82.7 Å². The molecular formula is C19H22N2O5. The average Bonchev–Trinajstić information content (AvgIpc) is 3.22. The van der Waals surface area contributed by atoms with Crippen LogP contribution in [-0.2, 0) is 23.6 Å². The van der Waals surface area contributed by atoms with Gasteiger partial charge in [0, 0.05) is 38.3 Å². The molecule has 1 atom stereocenters. The summed E-state index contributed by atoms with van der Waals surface area (Å²) in [5, 5.41) is 10.9. The number of nitrogens with zero attached hydrogens (tertiary/aromatic N) is 2. The number of carbonyl (C=O) groups excluding carboxylic acids is 2. The minimum atomic E-state index is -0.686. The van der Waals surface area contributed by atoms with E-state index in [1.165, 1.54) is 0 Å². The summed E-state index contributed by atoms with van der Waals surface area (Å²) in [5.41, 5.74) is 4.29. The van der Waals surface area contributed by atoms with Gasteiger partial charge in [-0.1, -0.05) is 0 Å². The van der Waals surface area contributed by atoms with E-state index in [2.05, 4.69) is 0 Å². The maximum absolute atomic E-state index is 12.5. The number of aliphatic hydroxyl groups excluding tert-OH is 1. The van der Waals surface area contributed by atoms with Gasteiger partial charge in [-0.05, 0) is 36.1 Å². The van der Waals surface area contributed by atoms with Gasteiger partial charge in [0.25, 0.3) is 0 Å². The molecule has 1 N–H and O–H groups in total. The molecule has 2 aromatic heterocycles. The van der Waals surface area contributed by atoms with Crippen LogP contribution in [-0.4, -0.2) is 45.5 Å². The smallest absolute Gasteiger partial charge is 0.355 e. The zero-order chi connectivity index (χ0) is 18.7. The van der Waals surface area contributed by atoms with Crippen molar-refractivity contribution in [1.29, 1.82) is 0 Å². The third-order valence-corrected chi connectivity index (χ3v) is 5.42. The Kier molecular flexibility index (Phi) is 3.73. The Morgan fingerprint density at radius 3 is 1.73 bits per heavy atom. The first-order valence-electron chi connectivity index (χ1n) is 8.82. The average molecular weight is 358 g/mol. The molecule has 0 spiro atoms. The second-order valence-electron chi connectivity index (χ2n) is 6.80. The Labute approximate surface area is 151 Å². The van der Waals surface area contributed by atoms with Gasteiger partial charge in [0.15, 0.2) is 0 Å². The second kappa shape index (κ2) is 5.74. The van der Waals surface area contributed by atoms with Gasteiger partial charge in [-0.15, -0.1) is 0 Å². The molecule has 0 aliphatic heterocycles. The van der Waals surface area contributed by atoms with E-state index in [-0.39, 0.29) is 19.1 Å². The lowest BCUT2D eigenvalue weighted by Crippen LogP contribution is -2.20. The van der Waals surface area contributed by atoms with E-state index >= 15 is 0 Å². The predicted octanol–water partition coefficient (Wildman–Crippen LogP) is 1.67. The Morgan fingerprint density at radius 1 is 0.923 bits per heavy atom. The van der Waals surface area contributed by atoms with Gasteiger partial charge in [0.05, 0.1) is 19.3 Å². The minimum Gasteiger partial charge on any atom is -0.461 e. The second-order valence-corrected chi connectivity index (χ2v) is 6.80. The Balaban J connectivity index is 1.89. The molecule has 7 heteroatoms. The summed E-state index contributed by atoms with van der Waals surface area (Å²) in [6.07, 6.45) is 3.08. The first-order chi connectivity index (χ1) is 12.4. The number of aryl methyl sites for hydroxylation is 2. The zero-order valence-corrected chi connectivity index (χ0v) is 15.3. The standard InChI is InChI=1S/C19H22N2O5/c1-5-25-18(23)15-12-9(7-20(15)3)11-10-8-21(4)16(19(24)26-6-2)13(10)14(12)17(11)22/h7-8,11,14,17,22H,5-6H2,1-4H3. The molecular weight excluding hydrogens is 336 g/mol. The molecule has 0 saturated heterocycles. The van der Waals surface area contributed by atoms with E-state index in [9.17, 15) is 14.7 Å². The lowest BCUT2D eigenvalue weighted by Gasteiger charge is -2.17. The fourth-order valence-electron chi connectivity index (χ4n) is 4.61. The van der Waals surface area contributed by atoms with Crippen LogP contribution in [0.4, 0.5) is 0 Å². The lowest BCUT2D eigenvalue weighted by molar-refractivity contribution is 0.0506. The molecule has 1 unspecified atom stereocenters. The van der Waals surface area contributed by atoms with Gasteiger partial charge in [-0.3, -0.25) is 0 Å². The summed E-state index contributed by atoms with van der Waals surface area (Å²) in [6, 6.07) is 0. The molecule has 0 aromatic carbocycles. The van der Waals surface area contributed by atoms with Crippen LogP contribution in [0.3, 0.4) is 0 Å². The minimum absolute atomic E-state index is 0.242. The van der Waals surface area contributed by atoms with Crippen molar-refractivity contribution in [2.24, 2.45) is 14.1 Å². The van der Waals surface area contributed by atoms with Crippen LogP contribution in [0.15, 0.2) is 12.4 Å². The van der Waals surface area contributed by atoms with Gasteiger partial charge in [0.1, 0.15) is 11.4 Å². The van der Waals surface area contributed by atoms with Crippen molar-refractivity contribution in [3.05, 3.63) is 46.0 Å². The number of hydrogen-bond acceptors (Lipinski definition) is 5. The molecule has 2 aliphatic carbocycles. The molecule has 2 heterocycles. The van der Waals surface area contributed by atoms with Crippen LogP contribution in [0, 0.1) is 0 Å². The van der Waals surface area contributed by atoms with Gasteiger partial charge >= 0.3 is 11.9 Å². The van der Waals surface area contributed by atoms with E-state index in [4.69, 9.17) is 9.47 Å². The molecule has 138 valence electrons. The van der Waals surface area contributed by atoms with E-state index < -0.39 is 24.0 Å². The van der Waals surface area contributed by atoms with E-state index in [0.29, 0.717) is 11.4 Å². The third-order valence-electron chi connectivity index (χ3n) is 5.42. The Bertz CT molecular complexity index is 853. The SMILES string of the molecule is CCOC(=O)c1c2c(cn1C)C1c3cn(C)c(C(=O)OCC)c3C2C1O. The first kappa shape index (κ1) is 16.9. The van der Waals surface area contributed by atoms with E-state index in [1.54, 1.807) is 37.1 Å². The quantitative estimate of drug-likeness (QED) is 0.841. The van der Waals surface area contributed by atoms with Crippen molar-refractivity contribution >= 4 is 11.9 Å². The van der Waals surface area contributed by atoms with Gasteiger partial charge in [-0.2, -0.15) is 0 Å². The number of aliphatic hydroxyl groups is 1. The van der Waals surface area contributed by atoms with Crippen molar-refractivity contribution in [3.63, 3.8) is 0 Å².